The van der Waals surface area contributed by atoms with E-state index in [1.54, 1.807) is 7.05 Å². The van der Waals surface area contributed by atoms with E-state index in [0.717, 1.165) is 19.5 Å². The molecule has 1 aliphatic rings. The maximum Gasteiger partial charge on any atom is 0.0836 e. The van der Waals surface area contributed by atoms with Crippen molar-refractivity contribution in [3.8, 4) is 0 Å². The lowest BCUT2D eigenvalue weighted by Crippen LogP contribution is -2.49. The lowest BCUT2D eigenvalue weighted by atomic mass is 10.2. The topological polar surface area (TPSA) is 23.1 Å². The second-order valence-corrected chi connectivity index (χ2v) is 2.10. The van der Waals surface area contributed by atoms with Crippen LogP contribution >= 0.6 is 0 Å². The summed E-state index contributed by atoms with van der Waals surface area (Å²) in [6, 6.07) is 0. The normalized spacial score (nSPS) is 18.6. The van der Waals surface area contributed by atoms with Crippen LogP contribution in [0, 0.1) is 5.21 Å². The van der Waals surface area contributed by atoms with Gasteiger partial charge in [-0.3, -0.25) is 0 Å². The van der Waals surface area contributed by atoms with E-state index in [9.17, 15) is 5.21 Å². The first-order valence-electron chi connectivity index (χ1n) is 4.26. The Morgan fingerprint density at radius 1 is 1.00 bits per heavy atom. The minimum Gasteiger partial charge on any atom is -0.633 e. The highest BCUT2D eigenvalue weighted by molar-refractivity contribution is 4.49. The van der Waals surface area contributed by atoms with Crippen molar-refractivity contribution in [3.05, 3.63) is 5.21 Å². The number of likely N-dealkylation sites (tertiary alicyclic amines) is 1. The van der Waals surface area contributed by atoms with E-state index in [0.29, 0.717) is 0 Å². The zero-order valence-electron chi connectivity index (χ0n) is 7.98. The number of hydroxylamine groups is 3. The molecule has 0 aromatic carbocycles. The summed E-state index contributed by atoms with van der Waals surface area (Å²) in [5.41, 5.74) is 0. The molecule has 64 valence electrons. The van der Waals surface area contributed by atoms with Gasteiger partial charge in [0.25, 0.3) is 0 Å². The Hall–Kier alpha value is -0.0800. The molecule has 2 nitrogen and oxygen atoms in total. The molecule has 1 fully saturated rings. The van der Waals surface area contributed by atoms with Gasteiger partial charge in [0.15, 0.2) is 0 Å². The Morgan fingerprint density at radius 2 is 1.20 bits per heavy atom. The van der Waals surface area contributed by atoms with Crippen molar-refractivity contribution in [2.75, 3.05) is 20.1 Å². The Kier molecular flexibility index (Phi) is 8.85. The molecular formula is C8H21NO. The molecule has 1 heterocycles. The highest BCUT2D eigenvalue weighted by Crippen LogP contribution is 2.11. The van der Waals surface area contributed by atoms with Crippen molar-refractivity contribution in [1.82, 2.24) is 0 Å². The van der Waals surface area contributed by atoms with Gasteiger partial charge in [0.1, 0.15) is 0 Å². The molecule has 1 rings (SSSR count). The first kappa shape index (κ1) is 12.6. The van der Waals surface area contributed by atoms with Gasteiger partial charge in [-0.05, 0) is 0 Å². The molecule has 1 aliphatic heterocycles. The molecule has 0 amide bonds. The lowest BCUT2D eigenvalue weighted by Gasteiger charge is -2.46. The first-order valence-corrected chi connectivity index (χ1v) is 4.26. The first-order chi connectivity index (χ1) is 4.71. The Labute approximate surface area is 65.0 Å². The molecule has 2 heteroatoms. The summed E-state index contributed by atoms with van der Waals surface area (Å²) in [4.78, 5) is 0. The SMILES string of the molecule is CC.CC.C[N+]1([O-])CCC1. The van der Waals surface area contributed by atoms with Gasteiger partial charge in [0.05, 0.1) is 20.1 Å². The number of rotatable bonds is 0. The van der Waals surface area contributed by atoms with Crippen LogP contribution in [0.1, 0.15) is 34.1 Å². The summed E-state index contributed by atoms with van der Waals surface area (Å²) in [6.45, 7) is 9.67. The number of quaternary nitrogens is 1. The van der Waals surface area contributed by atoms with Gasteiger partial charge in [-0.1, -0.05) is 27.7 Å². The standard InChI is InChI=1S/C4H9NO.2C2H6/c1-5(6)3-2-4-5;2*1-2/h2-4H2,1H3;2*1-2H3. The highest BCUT2D eigenvalue weighted by atomic mass is 16.5. The van der Waals surface area contributed by atoms with E-state index in [1.165, 1.54) is 0 Å². The van der Waals surface area contributed by atoms with Crippen LogP contribution in [-0.2, 0) is 0 Å². The second kappa shape index (κ2) is 7.03. The van der Waals surface area contributed by atoms with Crippen LogP contribution in [0.25, 0.3) is 0 Å². The summed E-state index contributed by atoms with van der Waals surface area (Å²) < 4.78 is 0. The quantitative estimate of drug-likeness (QED) is 0.381. The molecule has 0 atom stereocenters. The third kappa shape index (κ3) is 6.05. The van der Waals surface area contributed by atoms with Crippen molar-refractivity contribution in [1.29, 1.82) is 0 Å². The average molecular weight is 147 g/mol. The minimum absolute atomic E-state index is 0. The zero-order chi connectivity index (χ0) is 8.62. The van der Waals surface area contributed by atoms with Crippen LogP contribution in [0.15, 0.2) is 0 Å². The molecule has 0 N–H and O–H groups in total. The van der Waals surface area contributed by atoms with Gasteiger partial charge in [-0.15, -0.1) is 0 Å². The maximum absolute atomic E-state index is 10.5. The van der Waals surface area contributed by atoms with Crippen molar-refractivity contribution in [3.63, 3.8) is 0 Å². The van der Waals surface area contributed by atoms with Gasteiger partial charge < -0.3 is 9.85 Å². The molecule has 10 heavy (non-hydrogen) atoms. The summed E-state index contributed by atoms with van der Waals surface area (Å²) >= 11 is 0. The molecule has 0 spiro atoms. The van der Waals surface area contributed by atoms with E-state index in [-0.39, 0.29) is 4.65 Å². The van der Waals surface area contributed by atoms with Crippen LogP contribution in [0.5, 0.6) is 0 Å². The van der Waals surface area contributed by atoms with Crippen molar-refractivity contribution in [2.45, 2.75) is 34.1 Å². The predicted molar refractivity (Wildman–Crippen MR) is 46.6 cm³/mol. The fraction of sp³-hybridized carbons (Fsp3) is 1.00. The molecule has 0 saturated carbocycles. The molecule has 0 aromatic heterocycles. The Balaban J connectivity index is 0. The van der Waals surface area contributed by atoms with Crippen molar-refractivity contribution in [2.24, 2.45) is 0 Å². The van der Waals surface area contributed by atoms with Crippen molar-refractivity contribution >= 4 is 0 Å². The van der Waals surface area contributed by atoms with E-state index in [2.05, 4.69) is 0 Å². The lowest BCUT2D eigenvalue weighted by molar-refractivity contribution is -0.899. The maximum atomic E-state index is 10.5. The molecule has 0 aliphatic carbocycles. The average Bonchev–Trinajstić information content (AvgIpc) is 1.94. The fourth-order valence-electron chi connectivity index (χ4n) is 0.603. The second-order valence-electron chi connectivity index (χ2n) is 2.10. The molecular weight excluding hydrogens is 126 g/mol. The minimum atomic E-state index is 0. The molecule has 0 radical (unpaired) electrons. The monoisotopic (exact) mass is 147 g/mol. The summed E-state index contributed by atoms with van der Waals surface area (Å²) in [6.07, 6.45) is 1.12. The number of hydrogen-bond donors (Lipinski definition) is 0. The summed E-state index contributed by atoms with van der Waals surface area (Å²) in [7, 11) is 1.71. The smallest absolute Gasteiger partial charge is 0.0836 e. The summed E-state index contributed by atoms with van der Waals surface area (Å²) in [5, 5.41) is 10.5. The van der Waals surface area contributed by atoms with E-state index < -0.39 is 0 Å². The number of hydrogen-bond acceptors (Lipinski definition) is 1. The predicted octanol–water partition coefficient (Wildman–Crippen LogP) is 2.39. The molecule has 0 bridgehead atoms. The summed E-state index contributed by atoms with van der Waals surface area (Å²) in [5.74, 6) is 0. The van der Waals surface area contributed by atoms with Crippen LogP contribution in [0.3, 0.4) is 0 Å². The fourth-order valence-corrected chi connectivity index (χ4v) is 0.603. The van der Waals surface area contributed by atoms with Crippen LogP contribution < -0.4 is 0 Å². The van der Waals surface area contributed by atoms with Gasteiger partial charge in [0, 0.05) is 6.42 Å². The molecule has 0 aromatic rings. The van der Waals surface area contributed by atoms with Gasteiger partial charge in [-0.2, -0.15) is 0 Å². The van der Waals surface area contributed by atoms with Crippen molar-refractivity contribution < 1.29 is 4.65 Å². The third-order valence-electron chi connectivity index (χ3n) is 1.26. The zero-order valence-corrected chi connectivity index (χ0v) is 7.98. The van der Waals surface area contributed by atoms with Crippen LogP contribution in [0.4, 0.5) is 0 Å². The Morgan fingerprint density at radius 3 is 1.20 bits per heavy atom. The van der Waals surface area contributed by atoms with E-state index in [1.807, 2.05) is 27.7 Å². The molecule has 0 unspecified atom stereocenters. The highest BCUT2D eigenvalue weighted by Gasteiger charge is 2.19. The third-order valence-corrected chi connectivity index (χ3v) is 1.26. The molecule has 1 saturated heterocycles. The van der Waals surface area contributed by atoms with Crippen LogP contribution in [0.2, 0.25) is 0 Å². The van der Waals surface area contributed by atoms with Crippen LogP contribution in [-0.4, -0.2) is 24.8 Å². The largest absolute Gasteiger partial charge is 0.633 e. The number of nitrogens with zero attached hydrogens (tertiary/aromatic N) is 1. The van der Waals surface area contributed by atoms with Gasteiger partial charge in [-0.25, -0.2) is 0 Å². The van der Waals surface area contributed by atoms with Gasteiger partial charge >= 0.3 is 0 Å². The van der Waals surface area contributed by atoms with E-state index >= 15 is 0 Å². The van der Waals surface area contributed by atoms with E-state index in [4.69, 9.17) is 0 Å². The Bertz CT molecular complexity index is 56.3. The van der Waals surface area contributed by atoms with Gasteiger partial charge in [0.2, 0.25) is 0 Å².